The van der Waals surface area contributed by atoms with E-state index in [1.165, 1.54) is 6.07 Å². The minimum absolute atomic E-state index is 0.250. The van der Waals surface area contributed by atoms with Gasteiger partial charge in [-0.15, -0.1) is 0 Å². The Bertz CT molecular complexity index is 1070. The normalized spacial score (nSPS) is 13.0. The Balaban J connectivity index is 1.54. The van der Waals surface area contributed by atoms with E-state index in [0.29, 0.717) is 29.1 Å². The minimum Gasteiger partial charge on any atom is -0.350 e. The van der Waals surface area contributed by atoms with Crippen LogP contribution in [-0.4, -0.2) is 37.0 Å². The maximum absolute atomic E-state index is 14.2. The number of aromatic nitrogens is 5. The smallest absolute Gasteiger partial charge is 0.272 e. The number of carbonyl (C=O) groups is 1. The average Bonchev–Trinajstić information content (AvgIpc) is 3.34. The Hall–Kier alpha value is -2.81. The van der Waals surface area contributed by atoms with Crippen LogP contribution in [0.15, 0.2) is 24.3 Å². The van der Waals surface area contributed by atoms with Gasteiger partial charge in [-0.1, -0.05) is 12.1 Å². The summed E-state index contributed by atoms with van der Waals surface area (Å²) in [7, 11) is 1.83. The third-order valence-electron chi connectivity index (χ3n) is 4.83. The predicted octanol–water partition coefficient (Wildman–Crippen LogP) is 2.26. The third kappa shape index (κ3) is 3.18. The van der Waals surface area contributed by atoms with Crippen LogP contribution < -0.4 is 5.32 Å². The van der Waals surface area contributed by atoms with Gasteiger partial charge < -0.3 is 9.88 Å². The lowest BCUT2D eigenvalue weighted by atomic mass is 10.2. The topological polar surface area (TPSA) is 80.5 Å². The quantitative estimate of drug-likeness (QED) is 0.659. The van der Waals surface area contributed by atoms with E-state index in [9.17, 15) is 9.18 Å². The van der Waals surface area contributed by atoms with Gasteiger partial charge in [0.15, 0.2) is 10.5 Å². The molecule has 27 heavy (non-hydrogen) atoms. The van der Waals surface area contributed by atoms with Crippen molar-refractivity contribution in [2.24, 2.45) is 7.05 Å². The molecule has 1 amide bonds. The largest absolute Gasteiger partial charge is 0.350 e. The second-order valence-corrected chi connectivity index (χ2v) is 6.89. The molecule has 1 aromatic carbocycles. The van der Waals surface area contributed by atoms with E-state index >= 15 is 0 Å². The van der Waals surface area contributed by atoms with Crippen molar-refractivity contribution in [1.29, 1.82) is 0 Å². The van der Waals surface area contributed by atoms with Crippen molar-refractivity contribution >= 4 is 18.1 Å². The van der Waals surface area contributed by atoms with Gasteiger partial charge in [0.25, 0.3) is 5.91 Å². The van der Waals surface area contributed by atoms with Gasteiger partial charge in [-0.2, -0.15) is 10.2 Å². The van der Waals surface area contributed by atoms with Crippen LogP contribution in [0.5, 0.6) is 0 Å². The van der Waals surface area contributed by atoms with Gasteiger partial charge in [0.2, 0.25) is 0 Å². The summed E-state index contributed by atoms with van der Waals surface area (Å²) in [5, 5.41) is 14.2. The molecule has 4 rings (SSSR count). The molecular weight excluding hydrogens is 367 g/mol. The molecule has 0 saturated carbocycles. The van der Waals surface area contributed by atoms with Gasteiger partial charge in [0.05, 0.1) is 0 Å². The molecule has 0 aliphatic heterocycles. The molecule has 9 heteroatoms. The molecule has 0 spiro atoms. The SMILES string of the molecule is Cn1c(CCNC(=O)c2nn(-c3ccccc3F)c3c2CCC3)n[nH]c1=S. The number of nitrogens with one attached hydrogen (secondary N) is 2. The summed E-state index contributed by atoms with van der Waals surface area (Å²) in [6.45, 7) is 0.410. The zero-order valence-electron chi connectivity index (χ0n) is 14.8. The number of nitrogens with zero attached hydrogens (tertiary/aromatic N) is 4. The summed E-state index contributed by atoms with van der Waals surface area (Å²) in [4.78, 5) is 12.7. The predicted molar refractivity (Wildman–Crippen MR) is 100.0 cm³/mol. The molecule has 0 unspecified atom stereocenters. The standard InChI is InChI=1S/C18H19FN6OS/c1-24-15(21-22-18(24)27)9-10-20-17(26)16-11-5-4-8-13(11)25(23-16)14-7-3-2-6-12(14)19/h2-3,6-7H,4-5,8-10H2,1H3,(H,20,26)(H,22,27). The summed E-state index contributed by atoms with van der Waals surface area (Å²) in [6, 6.07) is 6.47. The lowest BCUT2D eigenvalue weighted by molar-refractivity contribution is 0.0947. The lowest BCUT2D eigenvalue weighted by Crippen LogP contribution is -2.27. The van der Waals surface area contributed by atoms with Gasteiger partial charge in [0, 0.05) is 31.3 Å². The maximum Gasteiger partial charge on any atom is 0.272 e. The fourth-order valence-electron chi connectivity index (χ4n) is 3.42. The highest BCUT2D eigenvalue weighted by molar-refractivity contribution is 7.71. The lowest BCUT2D eigenvalue weighted by Gasteiger charge is -2.06. The molecule has 0 atom stereocenters. The number of hydrogen-bond acceptors (Lipinski definition) is 4. The van der Waals surface area contributed by atoms with Crippen LogP contribution in [0.2, 0.25) is 0 Å². The molecule has 140 valence electrons. The fourth-order valence-corrected chi connectivity index (χ4v) is 3.57. The molecule has 0 bridgehead atoms. The van der Waals surface area contributed by atoms with E-state index in [0.717, 1.165) is 36.3 Å². The first kappa shape index (κ1) is 17.6. The summed E-state index contributed by atoms with van der Waals surface area (Å²) >= 11 is 5.08. The number of rotatable bonds is 5. The van der Waals surface area contributed by atoms with Gasteiger partial charge >= 0.3 is 0 Å². The number of H-pyrrole nitrogens is 1. The summed E-state index contributed by atoms with van der Waals surface area (Å²) in [5.41, 5.74) is 2.57. The van der Waals surface area contributed by atoms with Gasteiger partial charge in [0.1, 0.15) is 17.3 Å². The minimum atomic E-state index is -0.354. The van der Waals surface area contributed by atoms with Crippen molar-refractivity contribution in [2.45, 2.75) is 25.7 Å². The Morgan fingerprint density at radius 2 is 2.19 bits per heavy atom. The van der Waals surface area contributed by atoms with Gasteiger partial charge in [-0.3, -0.25) is 9.89 Å². The second kappa shape index (κ2) is 7.07. The highest BCUT2D eigenvalue weighted by Crippen LogP contribution is 2.28. The average molecular weight is 386 g/mol. The monoisotopic (exact) mass is 386 g/mol. The number of benzene rings is 1. The summed E-state index contributed by atoms with van der Waals surface area (Å²) < 4.78 is 18.1. The number of halogens is 1. The van der Waals surface area contributed by atoms with Crippen LogP contribution >= 0.6 is 12.2 Å². The summed E-state index contributed by atoms with van der Waals surface area (Å²) in [5.74, 6) is 0.162. The second-order valence-electron chi connectivity index (χ2n) is 6.50. The summed E-state index contributed by atoms with van der Waals surface area (Å²) in [6.07, 6.45) is 3.05. The molecule has 2 aromatic heterocycles. The highest BCUT2D eigenvalue weighted by Gasteiger charge is 2.27. The van der Waals surface area contributed by atoms with Crippen molar-refractivity contribution in [3.05, 3.63) is 57.6 Å². The van der Waals surface area contributed by atoms with Crippen molar-refractivity contribution in [3.63, 3.8) is 0 Å². The molecule has 1 aliphatic carbocycles. The molecule has 0 fully saturated rings. The Labute approximate surface area is 160 Å². The molecule has 7 nitrogen and oxygen atoms in total. The van der Waals surface area contributed by atoms with E-state index < -0.39 is 0 Å². The van der Waals surface area contributed by atoms with E-state index in [1.54, 1.807) is 27.4 Å². The molecule has 0 saturated heterocycles. The van der Waals surface area contributed by atoms with Crippen molar-refractivity contribution in [1.82, 2.24) is 29.9 Å². The number of aromatic amines is 1. The maximum atomic E-state index is 14.2. The molecular formula is C18H19FN6OS. The molecule has 0 radical (unpaired) electrons. The van der Waals surface area contributed by atoms with Crippen LogP contribution in [0, 0.1) is 10.6 Å². The van der Waals surface area contributed by atoms with E-state index in [-0.39, 0.29) is 11.7 Å². The number of amides is 1. The number of para-hydroxylation sites is 1. The van der Waals surface area contributed by atoms with Crippen molar-refractivity contribution in [2.75, 3.05) is 6.54 Å². The molecule has 1 aliphatic rings. The first-order valence-corrected chi connectivity index (χ1v) is 9.21. The zero-order valence-corrected chi connectivity index (χ0v) is 15.6. The van der Waals surface area contributed by atoms with Crippen LogP contribution in [0.4, 0.5) is 4.39 Å². The Kier molecular flexibility index (Phi) is 4.61. The first-order valence-electron chi connectivity index (χ1n) is 8.80. The zero-order chi connectivity index (χ0) is 19.0. The Morgan fingerprint density at radius 3 is 2.93 bits per heavy atom. The fraction of sp³-hybridized carbons (Fsp3) is 0.333. The van der Waals surface area contributed by atoms with E-state index in [2.05, 4.69) is 20.6 Å². The third-order valence-corrected chi connectivity index (χ3v) is 5.20. The van der Waals surface area contributed by atoms with Gasteiger partial charge in [-0.05, 0) is 43.6 Å². The van der Waals surface area contributed by atoms with Crippen molar-refractivity contribution < 1.29 is 9.18 Å². The van der Waals surface area contributed by atoms with Crippen LogP contribution in [0.25, 0.3) is 5.69 Å². The van der Waals surface area contributed by atoms with E-state index in [4.69, 9.17) is 12.2 Å². The van der Waals surface area contributed by atoms with Crippen LogP contribution in [0.1, 0.15) is 34.0 Å². The molecule has 3 aromatic rings. The number of carbonyl (C=O) groups excluding carboxylic acids is 1. The molecule has 2 N–H and O–H groups in total. The Morgan fingerprint density at radius 1 is 1.37 bits per heavy atom. The van der Waals surface area contributed by atoms with Crippen LogP contribution in [0.3, 0.4) is 0 Å². The van der Waals surface area contributed by atoms with Crippen molar-refractivity contribution in [3.8, 4) is 5.69 Å². The first-order chi connectivity index (χ1) is 13.1. The van der Waals surface area contributed by atoms with Gasteiger partial charge in [-0.25, -0.2) is 9.07 Å². The number of fused-ring (bicyclic) bond motifs is 1. The highest BCUT2D eigenvalue weighted by atomic mass is 32.1. The van der Waals surface area contributed by atoms with Crippen LogP contribution in [-0.2, 0) is 26.3 Å². The molecule has 2 heterocycles. The van der Waals surface area contributed by atoms with E-state index in [1.807, 2.05) is 7.05 Å². The number of hydrogen-bond donors (Lipinski definition) is 2.